The molecule has 33 heavy (non-hydrogen) atoms. The van der Waals surface area contributed by atoms with Crippen molar-refractivity contribution in [1.82, 2.24) is 29.7 Å². The molecule has 1 aliphatic carbocycles. The van der Waals surface area contributed by atoms with Crippen LogP contribution in [0.2, 0.25) is 5.02 Å². The Morgan fingerprint density at radius 1 is 1.15 bits per heavy atom. The number of carbonyl (C=O) groups is 1. The highest BCUT2D eigenvalue weighted by Crippen LogP contribution is 2.42. The first kappa shape index (κ1) is 23.3. The Balaban J connectivity index is 1.45. The standard InChI is InChI=1S/C19H17ClF6N6O/c1-9-7-13(19(24,25)26)32-16(28-9)14(20)15(30-32)17(33)27-5-2-6-31-11(10-3-4-10)8-12(29-31)18(21,22)23/h7-8,10H,2-6H2,1H3,(H,27,33). The Bertz CT molecular complexity index is 1210. The molecule has 7 nitrogen and oxygen atoms in total. The minimum absolute atomic E-state index is 0.0208. The second-order valence-corrected chi connectivity index (χ2v) is 8.12. The number of nitrogens with one attached hydrogen (secondary N) is 1. The number of hydrogen-bond acceptors (Lipinski definition) is 4. The van der Waals surface area contributed by atoms with E-state index in [1.54, 1.807) is 0 Å². The highest BCUT2D eigenvalue weighted by atomic mass is 35.5. The van der Waals surface area contributed by atoms with Crippen molar-refractivity contribution in [3.05, 3.63) is 45.6 Å². The summed E-state index contributed by atoms with van der Waals surface area (Å²) >= 11 is 6.07. The Morgan fingerprint density at radius 2 is 1.85 bits per heavy atom. The van der Waals surface area contributed by atoms with Crippen molar-refractivity contribution in [2.24, 2.45) is 0 Å². The Labute approximate surface area is 187 Å². The molecule has 1 saturated carbocycles. The number of alkyl halides is 6. The molecule has 0 aliphatic heterocycles. The third kappa shape index (κ3) is 4.77. The zero-order valence-corrected chi connectivity index (χ0v) is 17.8. The van der Waals surface area contributed by atoms with Gasteiger partial charge in [0.15, 0.2) is 17.0 Å². The normalized spacial score (nSPS) is 14.8. The van der Waals surface area contributed by atoms with Crippen LogP contribution >= 0.6 is 11.6 Å². The molecule has 0 spiro atoms. The molecule has 0 unspecified atom stereocenters. The van der Waals surface area contributed by atoms with Crippen molar-refractivity contribution in [1.29, 1.82) is 0 Å². The molecule has 14 heteroatoms. The van der Waals surface area contributed by atoms with Gasteiger partial charge in [0.05, 0.1) is 0 Å². The number of aryl methyl sites for hydroxylation is 2. The van der Waals surface area contributed by atoms with Gasteiger partial charge in [-0.2, -0.15) is 36.5 Å². The summed E-state index contributed by atoms with van der Waals surface area (Å²) in [5.41, 5.74) is -2.28. The smallest absolute Gasteiger partial charge is 0.351 e. The summed E-state index contributed by atoms with van der Waals surface area (Å²) in [5.74, 6) is -0.783. The molecule has 0 atom stereocenters. The molecular weight excluding hydrogens is 478 g/mol. The van der Waals surface area contributed by atoms with Crippen molar-refractivity contribution in [2.75, 3.05) is 6.54 Å². The number of hydrogen-bond donors (Lipinski definition) is 1. The predicted octanol–water partition coefficient (Wildman–Crippen LogP) is 4.62. The second kappa shape index (κ2) is 8.19. The van der Waals surface area contributed by atoms with Gasteiger partial charge in [-0.3, -0.25) is 9.48 Å². The monoisotopic (exact) mass is 494 g/mol. The van der Waals surface area contributed by atoms with Crippen LogP contribution in [-0.4, -0.2) is 36.8 Å². The Morgan fingerprint density at radius 3 is 2.45 bits per heavy atom. The summed E-state index contributed by atoms with van der Waals surface area (Å²) in [6.45, 7) is 1.50. The molecule has 3 aromatic rings. The highest BCUT2D eigenvalue weighted by Gasteiger charge is 2.38. The summed E-state index contributed by atoms with van der Waals surface area (Å²) in [5, 5.41) is 9.45. The minimum atomic E-state index is -4.74. The molecule has 4 rings (SSSR count). The van der Waals surface area contributed by atoms with Gasteiger partial charge in [0.1, 0.15) is 10.7 Å². The van der Waals surface area contributed by atoms with Gasteiger partial charge in [0.25, 0.3) is 5.91 Å². The molecule has 1 amide bonds. The molecule has 1 fully saturated rings. The molecule has 3 heterocycles. The minimum Gasteiger partial charge on any atom is -0.351 e. The average Bonchev–Trinajstić information content (AvgIpc) is 3.37. The van der Waals surface area contributed by atoms with Crippen LogP contribution in [0.5, 0.6) is 0 Å². The molecular formula is C19H17ClF6N6O. The van der Waals surface area contributed by atoms with Crippen molar-refractivity contribution < 1.29 is 31.1 Å². The number of fused-ring (bicyclic) bond motifs is 1. The molecule has 178 valence electrons. The number of carbonyl (C=O) groups excluding carboxylic acids is 1. The van der Waals surface area contributed by atoms with E-state index in [9.17, 15) is 31.1 Å². The van der Waals surface area contributed by atoms with E-state index in [1.165, 1.54) is 11.6 Å². The molecule has 0 aromatic carbocycles. The molecule has 0 bridgehead atoms. The quantitative estimate of drug-likeness (QED) is 0.401. The van der Waals surface area contributed by atoms with Gasteiger partial charge in [-0.05, 0) is 38.3 Å². The van der Waals surface area contributed by atoms with Crippen LogP contribution in [0.15, 0.2) is 12.1 Å². The van der Waals surface area contributed by atoms with Gasteiger partial charge in [-0.25, -0.2) is 9.50 Å². The summed E-state index contributed by atoms with van der Waals surface area (Å²) < 4.78 is 80.6. The van der Waals surface area contributed by atoms with E-state index in [0.29, 0.717) is 10.2 Å². The van der Waals surface area contributed by atoms with Gasteiger partial charge >= 0.3 is 12.4 Å². The summed E-state index contributed by atoms with van der Waals surface area (Å²) in [4.78, 5) is 16.4. The first-order valence-electron chi connectivity index (χ1n) is 9.92. The maximum Gasteiger partial charge on any atom is 0.435 e. The van der Waals surface area contributed by atoms with Crippen LogP contribution in [-0.2, 0) is 18.9 Å². The Hall–Kier alpha value is -2.83. The number of rotatable bonds is 6. The van der Waals surface area contributed by atoms with Gasteiger partial charge in [0.2, 0.25) is 0 Å². The summed E-state index contributed by atoms with van der Waals surface area (Å²) in [7, 11) is 0. The van der Waals surface area contributed by atoms with Crippen molar-refractivity contribution in [3.63, 3.8) is 0 Å². The maximum absolute atomic E-state index is 13.3. The van der Waals surface area contributed by atoms with E-state index in [-0.39, 0.29) is 41.8 Å². The number of nitrogens with zero attached hydrogens (tertiary/aromatic N) is 5. The largest absolute Gasteiger partial charge is 0.435 e. The number of amides is 1. The van der Waals surface area contributed by atoms with E-state index < -0.39 is 35.3 Å². The third-order valence-electron chi connectivity index (χ3n) is 5.10. The lowest BCUT2D eigenvalue weighted by Crippen LogP contribution is -2.26. The van der Waals surface area contributed by atoms with Crippen molar-refractivity contribution in [3.8, 4) is 0 Å². The van der Waals surface area contributed by atoms with E-state index in [4.69, 9.17) is 11.6 Å². The van der Waals surface area contributed by atoms with E-state index >= 15 is 0 Å². The van der Waals surface area contributed by atoms with Crippen LogP contribution in [0.25, 0.3) is 5.65 Å². The number of aromatic nitrogens is 5. The molecule has 1 aliphatic rings. The predicted molar refractivity (Wildman–Crippen MR) is 104 cm³/mol. The van der Waals surface area contributed by atoms with Crippen LogP contribution in [0.3, 0.4) is 0 Å². The number of halogens is 7. The average molecular weight is 495 g/mol. The summed E-state index contributed by atoms with van der Waals surface area (Å²) in [6, 6.07) is 1.83. The van der Waals surface area contributed by atoms with Crippen LogP contribution < -0.4 is 5.32 Å². The van der Waals surface area contributed by atoms with Crippen LogP contribution in [0.1, 0.15) is 58.4 Å². The van der Waals surface area contributed by atoms with E-state index in [2.05, 4.69) is 20.5 Å². The van der Waals surface area contributed by atoms with Gasteiger partial charge in [-0.15, -0.1) is 0 Å². The first-order chi connectivity index (χ1) is 15.4. The molecule has 1 N–H and O–H groups in total. The molecule has 3 aromatic heterocycles. The first-order valence-corrected chi connectivity index (χ1v) is 10.3. The third-order valence-corrected chi connectivity index (χ3v) is 5.44. The topological polar surface area (TPSA) is 77.1 Å². The molecule has 0 saturated heterocycles. The fourth-order valence-corrected chi connectivity index (χ4v) is 3.68. The van der Waals surface area contributed by atoms with Crippen LogP contribution in [0.4, 0.5) is 26.3 Å². The lowest BCUT2D eigenvalue weighted by atomic mass is 10.2. The van der Waals surface area contributed by atoms with Crippen molar-refractivity contribution in [2.45, 2.75) is 51.0 Å². The zero-order chi connectivity index (χ0) is 24.1. The van der Waals surface area contributed by atoms with E-state index in [1.807, 2.05) is 0 Å². The van der Waals surface area contributed by atoms with Gasteiger partial charge in [0, 0.05) is 30.4 Å². The zero-order valence-electron chi connectivity index (χ0n) is 17.1. The SMILES string of the molecule is Cc1cc(C(F)(F)F)n2nc(C(=O)NCCCn3nc(C(F)(F)F)cc3C3CC3)c(Cl)c2n1. The second-order valence-electron chi connectivity index (χ2n) is 7.74. The van der Waals surface area contributed by atoms with Crippen molar-refractivity contribution >= 4 is 23.2 Å². The van der Waals surface area contributed by atoms with Gasteiger partial charge in [-0.1, -0.05) is 11.6 Å². The fourth-order valence-electron chi connectivity index (χ4n) is 3.43. The fraction of sp³-hybridized carbons (Fsp3) is 0.474. The molecule has 0 radical (unpaired) electrons. The van der Waals surface area contributed by atoms with E-state index in [0.717, 1.165) is 25.0 Å². The van der Waals surface area contributed by atoms with Crippen LogP contribution in [0, 0.1) is 6.92 Å². The lowest BCUT2D eigenvalue weighted by molar-refractivity contribution is -0.143. The summed E-state index contributed by atoms with van der Waals surface area (Å²) in [6.07, 6.45) is -7.47. The lowest BCUT2D eigenvalue weighted by Gasteiger charge is -2.09. The highest BCUT2D eigenvalue weighted by molar-refractivity contribution is 6.36. The Kier molecular flexibility index (Phi) is 5.79. The van der Waals surface area contributed by atoms with Gasteiger partial charge < -0.3 is 5.32 Å². The maximum atomic E-state index is 13.3.